The first kappa shape index (κ1) is 17.3. The van der Waals surface area contributed by atoms with Crippen LogP contribution < -0.4 is 0 Å². The molecule has 6 rings (SSSR count). The Hall–Kier alpha value is -1.56. The highest BCUT2D eigenvalue weighted by molar-refractivity contribution is 5.44. The van der Waals surface area contributed by atoms with Gasteiger partial charge in [-0.2, -0.15) is 0 Å². The zero-order chi connectivity index (χ0) is 17.1. The molecule has 0 aliphatic heterocycles. The van der Waals surface area contributed by atoms with Crippen molar-refractivity contribution in [2.24, 2.45) is 0 Å². The summed E-state index contributed by atoms with van der Waals surface area (Å²) in [6, 6.07) is 10.1. The molecule has 0 spiro atoms. The molecule has 0 nitrogen and oxygen atoms in total. The Morgan fingerprint density at radius 2 is 0.667 bits per heavy atom. The monoisotopic (exact) mass is 320 g/mol. The second-order valence-electron chi connectivity index (χ2n) is 7.19. The van der Waals surface area contributed by atoms with Crippen LogP contribution in [-0.4, -0.2) is 0 Å². The summed E-state index contributed by atoms with van der Waals surface area (Å²) >= 11 is 0. The molecule has 2 aromatic carbocycles. The van der Waals surface area contributed by atoms with Crippen molar-refractivity contribution in [1.82, 2.24) is 0 Å². The van der Waals surface area contributed by atoms with Gasteiger partial charge >= 0.3 is 0 Å². The Bertz CT molecular complexity index is 594. The largest absolute Gasteiger partial charge is 0.0613 e. The van der Waals surface area contributed by atoms with Gasteiger partial charge in [0.25, 0.3) is 0 Å². The summed E-state index contributed by atoms with van der Waals surface area (Å²) in [5.41, 5.74) is 12.6. The average molecular weight is 321 g/mol. The molecule has 0 aromatic heterocycles. The minimum absolute atomic E-state index is 1.16. The van der Waals surface area contributed by atoms with Crippen molar-refractivity contribution in [2.75, 3.05) is 0 Å². The molecule has 128 valence electrons. The van der Waals surface area contributed by atoms with E-state index in [0.717, 1.165) is 25.7 Å². The van der Waals surface area contributed by atoms with E-state index in [1.807, 2.05) is 0 Å². The predicted molar refractivity (Wildman–Crippen MR) is 105 cm³/mol. The number of aryl methyl sites for hydroxylation is 8. The second-order valence-corrected chi connectivity index (χ2v) is 7.19. The maximum atomic E-state index is 2.52. The van der Waals surface area contributed by atoms with Crippen molar-refractivity contribution in [1.29, 1.82) is 0 Å². The smallest absolute Gasteiger partial charge is 0.0235 e. The normalized spacial score (nSPS) is 13.8. The van der Waals surface area contributed by atoms with Gasteiger partial charge in [0, 0.05) is 0 Å². The fourth-order valence-electron chi connectivity index (χ4n) is 4.37. The van der Waals surface area contributed by atoms with E-state index in [1.54, 1.807) is 44.5 Å². The van der Waals surface area contributed by atoms with Crippen LogP contribution in [-0.2, 0) is 51.4 Å². The molecule has 24 heavy (non-hydrogen) atoms. The molecule has 0 saturated carbocycles. The van der Waals surface area contributed by atoms with Crippen LogP contribution in [0.25, 0.3) is 0 Å². The lowest BCUT2D eigenvalue weighted by molar-refractivity contribution is 0.851. The molecule has 0 atom stereocenters. The van der Waals surface area contributed by atoms with Crippen LogP contribution in [0.15, 0.2) is 24.3 Å². The molecule has 0 heteroatoms. The molecule has 2 aromatic rings. The van der Waals surface area contributed by atoms with Gasteiger partial charge in [-0.15, -0.1) is 0 Å². The third kappa shape index (κ3) is 3.29. The molecule has 4 bridgehead atoms. The fraction of sp³-hybridized carbons (Fsp3) is 0.500. The van der Waals surface area contributed by atoms with Crippen LogP contribution >= 0.6 is 0 Å². The van der Waals surface area contributed by atoms with E-state index < -0.39 is 0 Å². The Morgan fingerprint density at radius 1 is 0.458 bits per heavy atom. The molecular weight excluding hydrogens is 288 g/mol. The third-order valence-electron chi connectivity index (χ3n) is 5.89. The number of benzene rings is 2. The van der Waals surface area contributed by atoms with Gasteiger partial charge in [-0.25, -0.2) is 0 Å². The molecule has 0 amide bonds. The van der Waals surface area contributed by atoms with Gasteiger partial charge in [0.05, 0.1) is 0 Å². The fourth-order valence-corrected chi connectivity index (χ4v) is 4.37. The summed E-state index contributed by atoms with van der Waals surface area (Å²) in [6.07, 6.45) is 9.38. The van der Waals surface area contributed by atoms with Crippen molar-refractivity contribution in [2.45, 2.75) is 79.1 Å². The van der Waals surface area contributed by atoms with Gasteiger partial charge in [0.2, 0.25) is 0 Å². The van der Waals surface area contributed by atoms with Gasteiger partial charge in [-0.3, -0.25) is 0 Å². The molecule has 0 fully saturated rings. The first-order chi connectivity index (χ1) is 11.7. The van der Waals surface area contributed by atoms with Crippen LogP contribution in [0.5, 0.6) is 0 Å². The van der Waals surface area contributed by atoms with Gasteiger partial charge in [0.1, 0.15) is 0 Å². The minimum atomic E-state index is 1.16. The molecule has 0 N–H and O–H groups in total. The van der Waals surface area contributed by atoms with E-state index in [-0.39, 0.29) is 0 Å². The van der Waals surface area contributed by atoms with Crippen LogP contribution in [0.2, 0.25) is 0 Å². The second kappa shape index (κ2) is 7.55. The molecular formula is C24H32. The van der Waals surface area contributed by atoms with E-state index >= 15 is 0 Å². The van der Waals surface area contributed by atoms with E-state index in [2.05, 4.69) is 52.0 Å². The predicted octanol–water partition coefficient (Wildman–Crippen LogP) is 5.82. The van der Waals surface area contributed by atoms with Crippen LogP contribution in [0.4, 0.5) is 0 Å². The molecule has 4 aliphatic carbocycles. The summed E-state index contributed by atoms with van der Waals surface area (Å²) in [5, 5.41) is 0. The number of rotatable bonds is 4. The minimum Gasteiger partial charge on any atom is -0.0613 e. The third-order valence-corrected chi connectivity index (χ3v) is 5.89. The van der Waals surface area contributed by atoms with E-state index in [0.29, 0.717) is 0 Å². The van der Waals surface area contributed by atoms with E-state index in [9.17, 15) is 0 Å². The lowest BCUT2D eigenvalue weighted by atomic mass is 9.85. The van der Waals surface area contributed by atoms with Crippen molar-refractivity contribution in [3.63, 3.8) is 0 Å². The first-order valence-electron chi connectivity index (χ1n) is 9.97. The van der Waals surface area contributed by atoms with Crippen LogP contribution in [0.3, 0.4) is 0 Å². The topological polar surface area (TPSA) is 0 Å². The summed E-state index contributed by atoms with van der Waals surface area (Å²) in [4.78, 5) is 0. The highest BCUT2D eigenvalue weighted by atomic mass is 14.2. The Balaban J connectivity index is 2.12. The zero-order valence-electron chi connectivity index (χ0n) is 16.0. The van der Waals surface area contributed by atoms with Gasteiger partial charge < -0.3 is 0 Å². The summed E-state index contributed by atoms with van der Waals surface area (Å²) in [5.74, 6) is 0. The molecule has 0 radical (unpaired) electrons. The van der Waals surface area contributed by atoms with Crippen molar-refractivity contribution in [3.05, 3.63) is 68.8 Å². The zero-order valence-corrected chi connectivity index (χ0v) is 16.0. The molecule has 0 heterocycles. The van der Waals surface area contributed by atoms with Crippen molar-refractivity contribution < 1.29 is 0 Å². The van der Waals surface area contributed by atoms with E-state index in [1.165, 1.54) is 25.7 Å². The summed E-state index contributed by atoms with van der Waals surface area (Å²) in [7, 11) is 0. The highest BCUT2D eigenvalue weighted by Crippen LogP contribution is 2.27. The van der Waals surface area contributed by atoms with E-state index in [4.69, 9.17) is 0 Å². The quantitative estimate of drug-likeness (QED) is 0.666. The first-order valence-corrected chi connectivity index (χ1v) is 9.97. The van der Waals surface area contributed by atoms with Gasteiger partial charge in [-0.1, -0.05) is 52.0 Å². The standard InChI is InChI=1S/C24H32/c1-5-17-13-22-11-12-24-16-19(7-3)23(15-20(24)8-4)10-9-21(17)14-18(22)6-2/h13-16H,5-12H2,1-4H3. The average Bonchev–Trinajstić information content (AvgIpc) is 2.62. The Kier molecular flexibility index (Phi) is 5.43. The van der Waals surface area contributed by atoms with Crippen molar-refractivity contribution >= 4 is 0 Å². The Labute approximate surface area is 148 Å². The molecule has 4 aliphatic rings. The molecule has 0 saturated heterocycles. The van der Waals surface area contributed by atoms with Crippen molar-refractivity contribution in [3.8, 4) is 0 Å². The Morgan fingerprint density at radius 3 is 0.833 bits per heavy atom. The number of hydrogen-bond acceptors (Lipinski definition) is 0. The summed E-state index contributed by atoms with van der Waals surface area (Å²) in [6.45, 7) is 9.22. The SMILES string of the molecule is CCc1cc2c(CC)cc1CCc1cc(CC)c(cc1CC)CC2. The maximum absolute atomic E-state index is 2.52. The van der Waals surface area contributed by atoms with Crippen LogP contribution in [0.1, 0.15) is 72.2 Å². The summed E-state index contributed by atoms with van der Waals surface area (Å²) < 4.78 is 0. The lowest BCUT2D eigenvalue weighted by Gasteiger charge is -2.20. The number of hydrogen-bond donors (Lipinski definition) is 0. The van der Waals surface area contributed by atoms with Gasteiger partial charge in [0.15, 0.2) is 0 Å². The van der Waals surface area contributed by atoms with Crippen LogP contribution in [0, 0.1) is 0 Å². The lowest BCUT2D eigenvalue weighted by Crippen LogP contribution is -2.08. The van der Waals surface area contributed by atoms with Gasteiger partial charge in [-0.05, 0) is 95.9 Å². The highest BCUT2D eigenvalue weighted by Gasteiger charge is 2.14. The maximum Gasteiger partial charge on any atom is -0.0235 e. The molecule has 0 unspecified atom stereocenters.